The van der Waals surface area contributed by atoms with Crippen molar-refractivity contribution in [3.63, 3.8) is 0 Å². The summed E-state index contributed by atoms with van der Waals surface area (Å²) in [5.74, 6) is -0.294. The van der Waals surface area contributed by atoms with Crippen LogP contribution in [0.2, 0.25) is 0 Å². The minimum Gasteiger partial charge on any atom is -0.495 e. The molecular weight excluding hydrogens is 297 g/mol. The Morgan fingerprint density at radius 1 is 1.22 bits per heavy atom. The van der Waals surface area contributed by atoms with Crippen LogP contribution >= 0.6 is 0 Å². The topological polar surface area (TPSA) is 51.5 Å². The minimum absolute atomic E-state index is 0.0892. The van der Waals surface area contributed by atoms with Gasteiger partial charge in [-0.25, -0.2) is 4.39 Å². The summed E-state index contributed by atoms with van der Waals surface area (Å²) in [5.41, 5.74) is 2.21. The lowest BCUT2D eigenvalue weighted by atomic mass is 10.1. The molecule has 4 nitrogen and oxygen atoms in total. The largest absolute Gasteiger partial charge is 0.495 e. The second kappa shape index (κ2) is 5.76. The summed E-state index contributed by atoms with van der Waals surface area (Å²) in [5, 5.41) is 3.35. The van der Waals surface area contributed by atoms with Crippen molar-refractivity contribution in [2.75, 3.05) is 12.4 Å². The Morgan fingerprint density at radius 3 is 2.70 bits per heavy atom. The molecule has 23 heavy (non-hydrogen) atoms. The molecule has 3 rings (SSSR count). The molecule has 0 radical (unpaired) electrons. The number of carbonyl (C=O) groups is 1. The van der Waals surface area contributed by atoms with Crippen LogP contribution in [-0.4, -0.2) is 13.0 Å². The number of benzene rings is 2. The quantitative estimate of drug-likeness (QED) is 0.777. The van der Waals surface area contributed by atoms with Crippen LogP contribution in [0.1, 0.15) is 21.7 Å². The third-order valence-corrected chi connectivity index (χ3v) is 3.73. The van der Waals surface area contributed by atoms with Gasteiger partial charge in [0, 0.05) is 10.9 Å². The highest BCUT2D eigenvalue weighted by atomic mass is 19.1. The SMILES string of the molecule is COc1ccc(C)cc1NC(=O)c1oc2c(F)cccc2c1C. The first-order chi connectivity index (χ1) is 11.0. The molecule has 1 heterocycles. The van der Waals surface area contributed by atoms with Crippen LogP contribution in [0, 0.1) is 19.7 Å². The molecule has 0 unspecified atom stereocenters. The van der Waals surface area contributed by atoms with Gasteiger partial charge in [-0.05, 0) is 37.6 Å². The summed E-state index contributed by atoms with van der Waals surface area (Å²) in [7, 11) is 1.53. The summed E-state index contributed by atoms with van der Waals surface area (Å²) >= 11 is 0. The summed E-state index contributed by atoms with van der Waals surface area (Å²) in [6.07, 6.45) is 0. The minimum atomic E-state index is -0.488. The monoisotopic (exact) mass is 313 g/mol. The van der Waals surface area contributed by atoms with Gasteiger partial charge in [0.1, 0.15) is 5.75 Å². The van der Waals surface area contributed by atoms with Gasteiger partial charge in [-0.15, -0.1) is 0 Å². The summed E-state index contributed by atoms with van der Waals surface area (Å²) < 4.78 is 24.5. The van der Waals surface area contributed by atoms with Crippen molar-refractivity contribution >= 4 is 22.6 Å². The van der Waals surface area contributed by atoms with E-state index in [2.05, 4.69) is 5.32 Å². The molecule has 118 valence electrons. The lowest BCUT2D eigenvalue weighted by molar-refractivity contribution is 0.0997. The number of ether oxygens (including phenoxy) is 1. The van der Waals surface area contributed by atoms with Crippen LogP contribution in [0.4, 0.5) is 10.1 Å². The maximum atomic E-state index is 13.8. The highest BCUT2D eigenvalue weighted by molar-refractivity contribution is 6.07. The van der Waals surface area contributed by atoms with Crippen molar-refractivity contribution in [1.29, 1.82) is 0 Å². The molecule has 1 aromatic heterocycles. The zero-order valence-corrected chi connectivity index (χ0v) is 13.1. The Labute approximate surface area is 132 Å². The fraction of sp³-hybridized carbons (Fsp3) is 0.167. The summed E-state index contributed by atoms with van der Waals surface area (Å²) in [6, 6.07) is 10.1. The number of furan rings is 1. The second-order valence-electron chi connectivity index (χ2n) is 5.33. The van der Waals surface area contributed by atoms with E-state index in [9.17, 15) is 9.18 Å². The molecule has 0 aliphatic rings. The van der Waals surface area contributed by atoms with Crippen LogP contribution in [-0.2, 0) is 0 Å². The first-order valence-corrected chi connectivity index (χ1v) is 7.15. The molecule has 3 aromatic rings. The number of aryl methyl sites for hydroxylation is 2. The molecule has 1 N–H and O–H groups in total. The molecule has 2 aromatic carbocycles. The number of nitrogens with one attached hydrogen (secondary N) is 1. The standard InChI is InChI=1S/C18H16FNO3/c1-10-7-8-15(22-3)14(9-10)20-18(21)16-11(2)12-5-4-6-13(19)17(12)23-16/h4-9H,1-3H3,(H,20,21). The number of para-hydroxylation sites is 1. The Kier molecular flexibility index (Phi) is 3.78. The molecule has 0 atom stereocenters. The van der Waals surface area contributed by atoms with E-state index in [0.717, 1.165) is 5.56 Å². The predicted octanol–water partition coefficient (Wildman–Crippen LogP) is 4.45. The first-order valence-electron chi connectivity index (χ1n) is 7.15. The molecule has 0 saturated carbocycles. The van der Waals surface area contributed by atoms with E-state index in [1.807, 2.05) is 13.0 Å². The highest BCUT2D eigenvalue weighted by Crippen LogP contribution is 2.30. The average Bonchev–Trinajstić information content (AvgIpc) is 2.86. The molecule has 0 aliphatic heterocycles. The Balaban J connectivity index is 2.00. The smallest absolute Gasteiger partial charge is 0.291 e. The van der Waals surface area contributed by atoms with E-state index in [4.69, 9.17) is 9.15 Å². The van der Waals surface area contributed by atoms with E-state index >= 15 is 0 Å². The van der Waals surface area contributed by atoms with Crippen LogP contribution in [0.3, 0.4) is 0 Å². The number of amides is 1. The normalized spacial score (nSPS) is 10.8. The molecule has 1 amide bonds. The summed E-state index contributed by atoms with van der Waals surface area (Å²) in [6.45, 7) is 3.64. The number of methoxy groups -OCH3 is 1. The first kappa shape index (κ1) is 15.1. The molecule has 0 fully saturated rings. The van der Waals surface area contributed by atoms with Gasteiger partial charge >= 0.3 is 0 Å². The number of halogens is 1. The molecular formula is C18H16FNO3. The predicted molar refractivity (Wildman–Crippen MR) is 86.6 cm³/mol. The Bertz CT molecular complexity index is 899. The molecule has 0 spiro atoms. The van der Waals surface area contributed by atoms with Gasteiger partial charge in [0.15, 0.2) is 17.2 Å². The Hall–Kier alpha value is -2.82. The lowest BCUT2D eigenvalue weighted by Gasteiger charge is -2.10. The van der Waals surface area contributed by atoms with Gasteiger partial charge in [-0.3, -0.25) is 4.79 Å². The average molecular weight is 313 g/mol. The van der Waals surface area contributed by atoms with Crippen molar-refractivity contribution in [3.8, 4) is 5.75 Å². The van der Waals surface area contributed by atoms with Crippen LogP contribution < -0.4 is 10.1 Å². The summed E-state index contributed by atoms with van der Waals surface area (Å²) in [4.78, 5) is 12.5. The Morgan fingerprint density at radius 2 is 2.00 bits per heavy atom. The third-order valence-electron chi connectivity index (χ3n) is 3.73. The van der Waals surface area contributed by atoms with Gasteiger partial charge in [0.05, 0.1) is 12.8 Å². The number of rotatable bonds is 3. The fourth-order valence-electron chi connectivity index (χ4n) is 2.52. The maximum absolute atomic E-state index is 13.8. The lowest BCUT2D eigenvalue weighted by Crippen LogP contribution is -2.13. The number of fused-ring (bicyclic) bond motifs is 1. The van der Waals surface area contributed by atoms with Gasteiger partial charge in [0.2, 0.25) is 0 Å². The van der Waals surface area contributed by atoms with Gasteiger partial charge < -0.3 is 14.5 Å². The van der Waals surface area contributed by atoms with Crippen LogP contribution in [0.25, 0.3) is 11.0 Å². The molecule has 0 saturated heterocycles. The van der Waals surface area contributed by atoms with Gasteiger partial charge in [0.25, 0.3) is 5.91 Å². The van der Waals surface area contributed by atoms with E-state index < -0.39 is 11.7 Å². The number of hydrogen-bond donors (Lipinski definition) is 1. The number of anilines is 1. The van der Waals surface area contributed by atoms with Crippen molar-refractivity contribution < 1.29 is 18.3 Å². The van der Waals surface area contributed by atoms with E-state index in [0.29, 0.717) is 22.4 Å². The van der Waals surface area contributed by atoms with Crippen molar-refractivity contribution in [2.24, 2.45) is 0 Å². The molecule has 0 aliphatic carbocycles. The van der Waals surface area contributed by atoms with E-state index in [1.54, 1.807) is 31.2 Å². The van der Waals surface area contributed by atoms with Crippen molar-refractivity contribution in [3.05, 3.63) is 59.1 Å². The van der Waals surface area contributed by atoms with Gasteiger partial charge in [-0.1, -0.05) is 18.2 Å². The fourth-order valence-corrected chi connectivity index (χ4v) is 2.52. The zero-order chi connectivity index (χ0) is 16.6. The number of hydrogen-bond acceptors (Lipinski definition) is 3. The van der Waals surface area contributed by atoms with Crippen molar-refractivity contribution in [1.82, 2.24) is 0 Å². The van der Waals surface area contributed by atoms with E-state index in [1.165, 1.54) is 13.2 Å². The zero-order valence-electron chi connectivity index (χ0n) is 13.1. The molecule has 0 bridgehead atoms. The highest BCUT2D eigenvalue weighted by Gasteiger charge is 2.20. The second-order valence-corrected chi connectivity index (χ2v) is 5.33. The van der Waals surface area contributed by atoms with Gasteiger partial charge in [-0.2, -0.15) is 0 Å². The van der Waals surface area contributed by atoms with Crippen LogP contribution in [0.5, 0.6) is 5.75 Å². The maximum Gasteiger partial charge on any atom is 0.291 e. The molecule has 5 heteroatoms. The van der Waals surface area contributed by atoms with Crippen LogP contribution in [0.15, 0.2) is 40.8 Å². The van der Waals surface area contributed by atoms with Crippen molar-refractivity contribution in [2.45, 2.75) is 13.8 Å². The number of carbonyl (C=O) groups excluding carboxylic acids is 1. The van der Waals surface area contributed by atoms with E-state index in [-0.39, 0.29) is 11.3 Å². The third kappa shape index (κ3) is 2.65.